The predicted molar refractivity (Wildman–Crippen MR) is 86.7 cm³/mol. The predicted octanol–water partition coefficient (Wildman–Crippen LogP) is 3.65. The lowest BCUT2D eigenvalue weighted by Crippen LogP contribution is -2.40. The summed E-state index contributed by atoms with van der Waals surface area (Å²) in [6.07, 6.45) is -0.920. The van der Waals surface area contributed by atoms with Gasteiger partial charge in [0, 0.05) is 6.04 Å². The molecule has 1 atom stereocenters. The molecule has 1 heterocycles. The Balaban J connectivity index is 2.10. The van der Waals surface area contributed by atoms with Gasteiger partial charge in [0.2, 0.25) is 10.0 Å². The lowest BCUT2D eigenvalue weighted by molar-refractivity contribution is -0.141. The number of carbonyl (C=O) groups is 1. The monoisotopic (exact) mass is 391 g/mol. The molecule has 0 N–H and O–H groups in total. The second-order valence-corrected chi connectivity index (χ2v) is 8.48. The van der Waals surface area contributed by atoms with Crippen molar-refractivity contribution in [2.75, 3.05) is 7.11 Å². The molecule has 3 rings (SSSR count). The van der Waals surface area contributed by atoms with Gasteiger partial charge in [-0.3, -0.25) is 4.79 Å². The Morgan fingerprint density at radius 2 is 1.88 bits per heavy atom. The van der Waals surface area contributed by atoms with Crippen molar-refractivity contribution in [3.8, 4) is 0 Å². The molecule has 0 bridgehead atoms. The Kier molecular flexibility index (Phi) is 5.04. The largest absolute Gasteiger partial charge is 0.469 e. The maximum atomic E-state index is 13.1. The number of hydrogen-bond donors (Lipinski definition) is 0. The van der Waals surface area contributed by atoms with Crippen molar-refractivity contribution in [2.45, 2.75) is 61.7 Å². The van der Waals surface area contributed by atoms with Gasteiger partial charge in [0.25, 0.3) is 0 Å². The topological polar surface area (TPSA) is 63.7 Å². The van der Waals surface area contributed by atoms with Gasteiger partial charge in [-0.05, 0) is 36.6 Å². The lowest BCUT2D eigenvalue weighted by atomic mass is 9.93. The Labute approximate surface area is 150 Å². The highest BCUT2D eigenvalue weighted by atomic mass is 32.2. The Morgan fingerprint density at radius 1 is 1.23 bits per heavy atom. The van der Waals surface area contributed by atoms with E-state index in [2.05, 4.69) is 4.74 Å². The van der Waals surface area contributed by atoms with Crippen LogP contribution in [0.2, 0.25) is 0 Å². The van der Waals surface area contributed by atoms with Crippen LogP contribution in [0.5, 0.6) is 0 Å². The number of ether oxygens (including phenoxy) is 1. The summed E-state index contributed by atoms with van der Waals surface area (Å²) in [4.78, 5) is 11.7. The minimum absolute atomic E-state index is 0.0239. The highest BCUT2D eigenvalue weighted by Gasteiger charge is 2.48. The molecular formula is C17H20F3NO4S. The Hall–Kier alpha value is -1.61. The van der Waals surface area contributed by atoms with Crippen LogP contribution in [-0.4, -0.2) is 31.8 Å². The summed E-state index contributed by atoms with van der Waals surface area (Å²) in [5, 5.41) is 0. The van der Waals surface area contributed by atoms with Crippen LogP contribution < -0.4 is 0 Å². The molecule has 0 unspecified atom stereocenters. The van der Waals surface area contributed by atoms with Gasteiger partial charge in [-0.15, -0.1) is 0 Å². The van der Waals surface area contributed by atoms with Crippen molar-refractivity contribution < 1.29 is 31.1 Å². The van der Waals surface area contributed by atoms with Gasteiger partial charge < -0.3 is 4.74 Å². The van der Waals surface area contributed by atoms with Gasteiger partial charge in [-0.2, -0.15) is 17.5 Å². The van der Waals surface area contributed by atoms with E-state index in [1.165, 1.54) is 11.4 Å². The molecule has 1 aromatic rings. The van der Waals surface area contributed by atoms with Crippen LogP contribution in [-0.2, 0) is 25.7 Å². The van der Waals surface area contributed by atoms with Gasteiger partial charge in [0.05, 0.1) is 30.0 Å². The van der Waals surface area contributed by atoms with E-state index < -0.39 is 33.8 Å². The van der Waals surface area contributed by atoms with Crippen molar-refractivity contribution >= 4 is 16.0 Å². The number of rotatable bonds is 3. The first-order valence-corrected chi connectivity index (χ1v) is 9.91. The molecule has 0 amide bonds. The van der Waals surface area contributed by atoms with Gasteiger partial charge in [-0.25, -0.2) is 8.42 Å². The Bertz CT molecular complexity index is 801. The van der Waals surface area contributed by atoms with Crippen LogP contribution in [0, 0.1) is 0 Å². The molecule has 0 aromatic heterocycles. The first-order valence-electron chi connectivity index (χ1n) is 8.47. The van der Waals surface area contributed by atoms with Gasteiger partial charge in [-0.1, -0.05) is 19.3 Å². The first-order chi connectivity index (χ1) is 12.2. The van der Waals surface area contributed by atoms with E-state index in [4.69, 9.17) is 0 Å². The molecule has 0 radical (unpaired) electrons. The average molecular weight is 391 g/mol. The summed E-state index contributed by atoms with van der Waals surface area (Å²) in [6, 6.07) is 1.35. The van der Waals surface area contributed by atoms with Crippen molar-refractivity contribution in [1.29, 1.82) is 0 Å². The van der Waals surface area contributed by atoms with Crippen LogP contribution >= 0.6 is 0 Å². The molecule has 1 aliphatic carbocycles. The summed E-state index contributed by atoms with van der Waals surface area (Å²) in [5.41, 5.74) is -0.900. The number of sulfonamides is 1. The summed E-state index contributed by atoms with van der Waals surface area (Å²) in [7, 11) is -2.78. The zero-order chi connectivity index (χ0) is 19.1. The third-order valence-corrected chi connectivity index (χ3v) is 7.12. The van der Waals surface area contributed by atoms with Crippen molar-refractivity contribution in [1.82, 2.24) is 4.31 Å². The van der Waals surface area contributed by atoms with E-state index in [-0.39, 0.29) is 22.9 Å². The number of alkyl halides is 3. The first kappa shape index (κ1) is 19.2. The zero-order valence-electron chi connectivity index (χ0n) is 14.3. The number of carbonyl (C=O) groups excluding carboxylic acids is 1. The SMILES string of the molecule is COC(=O)C[C@H]1c2cc(C(F)(F)F)ccc2S(=O)(=O)N1C1CCCCC1. The second kappa shape index (κ2) is 6.84. The smallest absolute Gasteiger partial charge is 0.416 e. The van der Waals surface area contributed by atoms with Crippen molar-refractivity contribution in [3.05, 3.63) is 29.3 Å². The molecule has 9 heteroatoms. The van der Waals surface area contributed by atoms with Gasteiger partial charge >= 0.3 is 12.1 Å². The van der Waals surface area contributed by atoms with E-state index in [1.807, 2.05) is 0 Å². The number of halogens is 3. The van der Waals surface area contributed by atoms with Crippen LogP contribution in [0.25, 0.3) is 0 Å². The van der Waals surface area contributed by atoms with Gasteiger partial charge in [0.1, 0.15) is 0 Å². The molecule has 1 saturated carbocycles. The molecule has 5 nitrogen and oxygen atoms in total. The molecule has 26 heavy (non-hydrogen) atoms. The molecule has 1 fully saturated rings. The van der Waals surface area contributed by atoms with Crippen LogP contribution in [0.3, 0.4) is 0 Å². The number of methoxy groups -OCH3 is 1. The lowest BCUT2D eigenvalue weighted by Gasteiger charge is -2.33. The van der Waals surface area contributed by atoms with E-state index in [0.717, 1.165) is 37.5 Å². The van der Waals surface area contributed by atoms with Crippen molar-refractivity contribution in [2.24, 2.45) is 0 Å². The summed E-state index contributed by atoms with van der Waals surface area (Å²) in [6.45, 7) is 0. The van der Waals surface area contributed by atoms with Crippen LogP contribution in [0.15, 0.2) is 23.1 Å². The highest BCUT2D eigenvalue weighted by molar-refractivity contribution is 7.89. The third kappa shape index (κ3) is 3.34. The average Bonchev–Trinajstić information content (AvgIpc) is 2.81. The minimum atomic E-state index is -4.59. The van der Waals surface area contributed by atoms with Crippen molar-refractivity contribution in [3.63, 3.8) is 0 Å². The molecule has 1 aromatic carbocycles. The summed E-state index contributed by atoms with van der Waals surface area (Å²) < 4.78 is 71.2. The fourth-order valence-electron chi connectivity index (χ4n) is 3.87. The molecule has 0 spiro atoms. The number of benzene rings is 1. The van der Waals surface area contributed by atoms with Gasteiger partial charge in [0.15, 0.2) is 0 Å². The molecular weight excluding hydrogens is 371 g/mol. The Morgan fingerprint density at radius 3 is 2.46 bits per heavy atom. The molecule has 0 saturated heterocycles. The zero-order valence-corrected chi connectivity index (χ0v) is 15.1. The van der Waals surface area contributed by atoms with E-state index in [1.54, 1.807) is 0 Å². The van der Waals surface area contributed by atoms with Crippen LogP contribution in [0.1, 0.15) is 55.7 Å². The number of fused-ring (bicyclic) bond motifs is 1. The maximum Gasteiger partial charge on any atom is 0.416 e. The normalized spacial score (nSPS) is 23.6. The fraction of sp³-hybridized carbons (Fsp3) is 0.588. The fourth-order valence-corrected chi connectivity index (χ4v) is 5.95. The quantitative estimate of drug-likeness (QED) is 0.738. The molecule has 1 aliphatic heterocycles. The molecule has 2 aliphatic rings. The van der Waals surface area contributed by atoms with E-state index >= 15 is 0 Å². The second-order valence-electron chi connectivity index (χ2n) is 6.67. The van der Waals surface area contributed by atoms with E-state index in [0.29, 0.717) is 12.8 Å². The van der Waals surface area contributed by atoms with E-state index in [9.17, 15) is 26.4 Å². The number of nitrogens with zero attached hydrogens (tertiary/aromatic N) is 1. The maximum absolute atomic E-state index is 13.1. The standard InChI is InChI=1S/C17H20F3NO4S/c1-25-16(22)10-14-13-9-11(17(18,19)20)7-8-15(13)26(23,24)21(14)12-5-3-2-4-6-12/h7-9,12,14H,2-6,10H2,1H3/t14-/m0/s1. The number of hydrogen-bond acceptors (Lipinski definition) is 4. The summed E-state index contributed by atoms with van der Waals surface area (Å²) in [5.74, 6) is -0.656. The third-order valence-electron chi connectivity index (χ3n) is 5.08. The highest BCUT2D eigenvalue weighted by Crippen LogP contribution is 2.47. The molecule has 144 valence electrons. The minimum Gasteiger partial charge on any atom is -0.469 e. The van der Waals surface area contributed by atoms with Crippen LogP contribution in [0.4, 0.5) is 13.2 Å². The number of esters is 1. The summed E-state index contributed by atoms with van der Waals surface area (Å²) >= 11 is 0.